The SMILES string of the molecule is [Na+].[Na].c1cc[cH-]c1. The Balaban J connectivity index is 0. The van der Waals surface area contributed by atoms with E-state index in [0.717, 1.165) is 0 Å². The van der Waals surface area contributed by atoms with Gasteiger partial charge >= 0.3 is 29.6 Å². The van der Waals surface area contributed by atoms with E-state index in [0.29, 0.717) is 0 Å². The molecule has 1 aromatic carbocycles. The molecule has 0 N–H and O–H groups in total. The zero-order valence-electron chi connectivity index (χ0n) is 4.89. The quantitative estimate of drug-likeness (QED) is 0.269. The van der Waals surface area contributed by atoms with Crippen molar-refractivity contribution in [1.82, 2.24) is 0 Å². The molecular formula is C5H5Na2. The second-order valence-electron chi connectivity index (χ2n) is 0.962. The van der Waals surface area contributed by atoms with Gasteiger partial charge in [0.25, 0.3) is 0 Å². The van der Waals surface area contributed by atoms with E-state index >= 15 is 0 Å². The molecule has 0 nitrogen and oxygen atoms in total. The van der Waals surface area contributed by atoms with E-state index in [4.69, 9.17) is 0 Å². The fourth-order valence-corrected chi connectivity index (χ4v) is 0.321. The molecule has 0 bridgehead atoms. The Morgan fingerprint density at radius 3 is 1.57 bits per heavy atom. The van der Waals surface area contributed by atoms with Crippen LogP contribution in [-0.2, 0) is 0 Å². The second kappa shape index (κ2) is 7.35. The Kier molecular flexibility index (Phi) is 11.7. The third-order valence-electron chi connectivity index (χ3n) is 0.556. The smallest absolute Gasteiger partial charge is 0.214 e. The maximum absolute atomic E-state index is 2.00. The van der Waals surface area contributed by atoms with Gasteiger partial charge in [-0.25, -0.2) is 12.1 Å². The van der Waals surface area contributed by atoms with Crippen LogP contribution in [0, 0.1) is 0 Å². The standard InChI is InChI=1S/C5H5.2Na/c1-2-4-5-3-1;;/h1-5H;;/q-1;;+1. The fraction of sp³-hybridized carbons (Fsp3) is 0. The van der Waals surface area contributed by atoms with Gasteiger partial charge in [-0.05, 0) is 0 Å². The van der Waals surface area contributed by atoms with Crippen LogP contribution < -0.4 is 29.6 Å². The summed E-state index contributed by atoms with van der Waals surface area (Å²) in [6.07, 6.45) is 0. The summed E-state index contributed by atoms with van der Waals surface area (Å²) in [6, 6.07) is 10.0. The summed E-state index contributed by atoms with van der Waals surface area (Å²) in [5.41, 5.74) is 0. The van der Waals surface area contributed by atoms with Crippen molar-refractivity contribution in [3.05, 3.63) is 30.3 Å². The summed E-state index contributed by atoms with van der Waals surface area (Å²) in [7, 11) is 0. The zero-order valence-corrected chi connectivity index (χ0v) is 8.89. The fourth-order valence-electron chi connectivity index (χ4n) is 0.321. The van der Waals surface area contributed by atoms with Crippen molar-refractivity contribution < 1.29 is 29.6 Å². The average molecular weight is 111 g/mol. The van der Waals surface area contributed by atoms with Gasteiger partial charge in [0.15, 0.2) is 0 Å². The first kappa shape index (κ1) is 11.2. The van der Waals surface area contributed by atoms with E-state index in [2.05, 4.69) is 0 Å². The monoisotopic (exact) mass is 111 g/mol. The van der Waals surface area contributed by atoms with Crippen molar-refractivity contribution in [2.75, 3.05) is 0 Å². The van der Waals surface area contributed by atoms with Crippen LogP contribution in [0.25, 0.3) is 0 Å². The maximum atomic E-state index is 2.00. The third-order valence-corrected chi connectivity index (χ3v) is 0.556. The summed E-state index contributed by atoms with van der Waals surface area (Å²) in [5, 5.41) is 0. The molecule has 7 heavy (non-hydrogen) atoms. The Labute approximate surface area is 88.2 Å². The van der Waals surface area contributed by atoms with Crippen LogP contribution in [0.2, 0.25) is 0 Å². The molecule has 0 spiro atoms. The molecule has 0 aliphatic carbocycles. The van der Waals surface area contributed by atoms with Gasteiger partial charge in [-0.2, -0.15) is 18.2 Å². The van der Waals surface area contributed by atoms with Crippen molar-refractivity contribution >= 4 is 29.6 Å². The maximum Gasteiger partial charge on any atom is 1.00 e. The van der Waals surface area contributed by atoms with E-state index in [1.807, 2.05) is 30.3 Å². The van der Waals surface area contributed by atoms with E-state index in [1.54, 1.807) is 0 Å². The van der Waals surface area contributed by atoms with Gasteiger partial charge in [-0.3, -0.25) is 0 Å². The van der Waals surface area contributed by atoms with Gasteiger partial charge in [0.2, 0.25) is 0 Å². The van der Waals surface area contributed by atoms with Gasteiger partial charge in [0.05, 0.1) is 0 Å². The molecule has 2 heteroatoms. The molecule has 0 aliphatic heterocycles. The summed E-state index contributed by atoms with van der Waals surface area (Å²) in [4.78, 5) is 0. The molecule has 0 saturated heterocycles. The average Bonchev–Trinajstić information content (AvgIpc) is 1.76. The van der Waals surface area contributed by atoms with Gasteiger partial charge in [0, 0.05) is 29.6 Å². The summed E-state index contributed by atoms with van der Waals surface area (Å²) >= 11 is 0. The van der Waals surface area contributed by atoms with Crippen molar-refractivity contribution in [3.63, 3.8) is 0 Å². The number of hydrogen-bond donors (Lipinski definition) is 0. The molecular weight excluding hydrogens is 106 g/mol. The summed E-state index contributed by atoms with van der Waals surface area (Å²) in [5.74, 6) is 0. The topological polar surface area (TPSA) is 0 Å². The number of rotatable bonds is 0. The number of hydrogen-bond acceptors (Lipinski definition) is 0. The first-order valence-electron chi connectivity index (χ1n) is 1.67. The van der Waals surface area contributed by atoms with Crippen LogP contribution >= 0.6 is 0 Å². The minimum atomic E-state index is 0. The van der Waals surface area contributed by atoms with Crippen LogP contribution in [0.1, 0.15) is 0 Å². The second-order valence-corrected chi connectivity index (χ2v) is 0.962. The van der Waals surface area contributed by atoms with Crippen LogP contribution in [0.3, 0.4) is 0 Å². The van der Waals surface area contributed by atoms with E-state index < -0.39 is 0 Å². The van der Waals surface area contributed by atoms with E-state index in [1.165, 1.54) is 0 Å². The summed E-state index contributed by atoms with van der Waals surface area (Å²) < 4.78 is 0. The Morgan fingerprint density at radius 2 is 1.43 bits per heavy atom. The normalized spacial score (nSPS) is 5.71. The molecule has 0 aromatic heterocycles. The minimum Gasteiger partial charge on any atom is -0.214 e. The molecule has 0 saturated carbocycles. The molecule has 1 radical (unpaired) electrons. The molecule has 0 fully saturated rings. The van der Waals surface area contributed by atoms with E-state index in [-0.39, 0.29) is 59.1 Å². The third kappa shape index (κ3) is 5.22. The molecule has 27 valence electrons. The predicted octanol–water partition coefficient (Wildman–Crippen LogP) is -1.97. The van der Waals surface area contributed by atoms with Crippen LogP contribution in [0.15, 0.2) is 30.3 Å². The Morgan fingerprint density at radius 1 is 1.00 bits per heavy atom. The van der Waals surface area contributed by atoms with Gasteiger partial charge in [-0.15, -0.1) is 0 Å². The predicted molar refractivity (Wildman–Crippen MR) is 27.8 cm³/mol. The Bertz CT molecular complexity index is 62.6. The van der Waals surface area contributed by atoms with Crippen LogP contribution in [0.5, 0.6) is 0 Å². The van der Waals surface area contributed by atoms with Gasteiger partial charge in [-0.1, -0.05) is 0 Å². The summed E-state index contributed by atoms with van der Waals surface area (Å²) in [6.45, 7) is 0. The minimum absolute atomic E-state index is 0. The molecule has 0 atom stereocenters. The van der Waals surface area contributed by atoms with Crippen LogP contribution in [0.4, 0.5) is 0 Å². The molecule has 0 unspecified atom stereocenters. The molecule has 0 amide bonds. The van der Waals surface area contributed by atoms with E-state index in [9.17, 15) is 0 Å². The Hall–Kier alpha value is 1.35. The van der Waals surface area contributed by atoms with Crippen molar-refractivity contribution in [2.24, 2.45) is 0 Å². The van der Waals surface area contributed by atoms with Gasteiger partial charge in [0.1, 0.15) is 0 Å². The van der Waals surface area contributed by atoms with Crippen molar-refractivity contribution in [2.45, 2.75) is 0 Å². The first-order valence-corrected chi connectivity index (χ1v) is 1.67. The van der Waals surface area contributed by atoms with Gasteiger partial charge < -0.3 is 0 Å². The van der Waals surface area contributed by atoms with Crippen molar-refractivity contribution in [3.8, 4) is 0 Å². The van der Waals surface area contributed by atoms with Crippen molar-refractivity contribution in [1.29, 1.82) is 0 Å². The molecule has 0 heterocycles. The largest absolute Gasteiger partial charge is 1.00 e. The molecule has 1 rings (SSSR count). The molecule has 0 aliphatic rings. The molecule has 1 aromatic rings. The first-order chi connectivity index (χ1) is 2.50. The van der Waals surface area contributed by atoms with Crippen LogP contribution in [-0.4, -0.2) is 29.6 Å². The zero-order chi connectivity index (χ0) is 3.54.